The summed E-state index contributed by atoms with van der Waals surface area (Å²) in [5, 5.41) is 14.3. The summed E-state index contributed by atoms with van der Waals surface area (Å²) in [7, 11) is 1.44. The summed E-state index contributed by atoms with van der Waals surface area (Å²) in [4.78, 5) is 16.1. The largest absolute Gasteiger partial charge is 0.496 e. The predicted octanol–water partition coefficient (Wildman–Crippen LogP) is 8.34. The number of ether oxygens (including phenoxy) is 1. The Morgan fingerprint density at radius 1 is 1.03 bits per heavy atom. The molecule has 0 radical (unpaired) electrons. The number of rotatable bonds is 5. The number of aromatic nitrogens is 1. The molecule has 0 spiro atoms. The summed E-state index contributed by atoms with van der Waals surface area (Å²) < 4.78 is 20.7. The molecule has 37 heavy (non-hydrogen) atoms. The summed E-state index contributed by atoms with van der Waals surface area (Å²) in [6, 6.07) is 17.0. The summed E-state index contributed by atoms with van der Waals surface area (Å²) >= 11 is 4.65. The minimum atomic E-state index is -1.33. The number of aromatic carboxylic acids is 1. The van der Waals surface area contributed by atoms with Gasteiger partial charge in [0.2, 0.25) is 0 Å². The highest BCUT2D eigenvalue weighted by Gasteiger charge is 2.18. The van der Waals surface area contributed by atoms with E-state index >= 15 is 0 Å². The zero-order valence-corrected chi connectivity index (χ0v) is 23.0. The van der Waals surface area contributed by atoms with Gasteiger partial charge in [-0.25, -0.2) is 14.2 Å². The third-order valence-corrected chi connectivity index (χ3v) is 7.54. The van der Waals surface area contributed by atoms with Crippen LogP contribution in [0.1, 0.15) is 67.8 Å². The lowest BCUT2D eigenvalue weighted by Gasteiger charge is -2.21. The van der Waals surface area contributed by atoms with Crippen molar-refractivity contribution >= 4 is 40.3 Å². The third kappa shape index (κ3) is 6.50. The molecule has 1 saturated carbocycles. The second-order valence-electron chi connectivity index (χ2n) is 8.50. The molecule has 0 unspecified atom stereocenters. The molecule has 3 N–H and O–H groups in total. The molecule has 0 bridgehead atoms. The highest BCUT2D eigenvalue weighted by molar-refractivity contribution is 7.77. The lowest BCUT2D eigenvalue weighted by molar-refractivity contribution is 0.0691. The molecule has 1 fully saturated rings. The zero-order chi connectivity index (χ0) is 26.9. The van der Waals surface area contributed by atoms with Gasteiger partial charge in [-0.3, -0.25) is 5.14 Å². The van der Waals surface area contributed by atoms with Crippen molar-refractivity contribution < 1.29 is 19.0 Å². The van der Waals surface area contributed by atoms with E-state index < -0.39 is 17.3 Å². The summed E-state index contributed by atoms with van der Waals surface area (Å²) in [6.07, 6.45) is 6.55. The molecule has 196 valence electrons. The topological polar surface area (TPSA) is 85.4 Å². The molecule has 5 rings (SSSR count). The lowest BCUT2D eigenvalue weighted by atomic mass is 9.84. The fourth-order valence-corrected chi connectivity index (χ4v) is 5.62. The van der Waals surface area contributed by atoms with Gasteiger partial charge in [0, 0.05) is 11.1 Å². The van der Waals surface area contributed by atoms with Gasteiger partial charge in [-0.05, 0) is 54.2 Å². The van der Waals surface area contributed by atoms with Crippen molar-refractivity contribution in [2.45, 2.75) is 51.9 Å². The van der Waals surface area contributed by atoms with E-state index in [-0.39, 0.29) is 0 Å². The van der Waals surface area contributed by atoms with Gasteiger partial charge in [-0.1, -0.05) is 63.4 Å². The normalized spacial score (nSPS) is 13.2. The first-order valence-corrected chi connectivity index (χ1v) is 13.7. The van der Waals surface area contributed by atoms with Crippen LogP contribution in [0.4, 0.5) is 4.39 Å². The van der Waals surface area contributed by atoms with Crippen molar-refractivity contribution in [1.29, 1.82) is 0 Å². The fourth-order valence-electron chi connectivity index (χ4n) is 4.66. The van der Waals surface area contributed by atoms with Crippen molar-refractivity contribution in [3.05, 3.63) is 71.5 Å². The first kappa shape index (κ1) is 28.6. The Bertz CT molecular complexity index is 1330. The number of hydrogen-bond acceptors (Lipinski definition) is 6. The van der Waals surface area contributed by atoms with Gasteiger partial charge < -0.3 is 9.84 Å². The molecule has 0 amide bonds. The van der Waals surface area contributed by atoms with Crippen LogP contribution >= 0.6 is 24.2 Å². The molecule has 8 heteroatoms. The van der Waals surface area contributed by atoms with Gasteiger partial charge in [0.1, 0.15) is 16.6 Å². The van der Waals surface area contributed by atoms with Gasteiger partial charge in [0.25, 0.3) is 0 Å². The number of thiol groups is 1. The van der Waals surface area contributed by atoms with Crippen LogP contribution in [0, 0.1) is 5.82 Å². The standard InChI is InChI=1S/C27H24FNO3S.C2H6.H3NS/c1-32-24-15-21(27(30)31)22(28)14-20(24)19-11-12-25-23(13-19)29-26(33-25)18-9-7-17(8-10-18)16-5-3-2-4-6-16;2*1-2/h7-16H,2-6H2,1H3,(H,30,31);1-2H3;2H,1H2. The Morgan fingerprint density at radius 3 is 2.30 bits per heavy atom. The quantitative estimate of drug-likeness (QED) is 0.222. The minimum absolute atomic E-state index is 0.307. The maximum atomic E-state index is 14.4. The molecule has 0 atom stereocenters. The number of carboxylic acids is 1. The second kappa shape index (κ2) is 13.6. The van der Waals surface area contributed by atoms with Crippen molar-refractivity contribution in [2.75, 3.05) is 7.11 Å². The molecule has 5 nitrogen and oxygen atoms in total. The number of nitrogens with zero attached hydrogens (tertiary/aromatic N) is 1. The van der Waals surface area contributed by atoms with Gasteiger partial charge >= 0.3 is 5.97 Å². The van der Waals surface area contributed by atoms with Crippen LogP contribution in [0.3, 0.4) is 0 Å². The van der Waals surface area contributed by atoms with Crippen molar-refractivity contribution in [2.24, 2.45) is 5.14 Å². The van der Waals surface area contributed by atoms with Crippen LogP contribution in [-0.4, -0.2) is 23.2 Å². The van der Waals surface area contributed by atoms with Gasteiger partial charge in [-0.15, -0.1) is 24.2 Å². The Balaban J connectivity index is 0.000000907. The summed E-state index contributed by atoms with van der Waals surface area (Å²) in [6.45, 7) is 4.00. The third-order valence-electron chi connectivity index (χ3n) is 6.45. The number of thiazole rings is 1. The van der Waals surface area contributed by atoms with Crippen LogP contribution in [-0.2, 0) is 0 Å². The van der Waals surface area contributed by atoms with Gasteiger partial charge in [0.15, 0.2) is 0 Å². The number of hydrogen-bond donors (Lipinski definition) is 3. The molecule has 0 saturated heterocycles. The smallest absolute Gasteiger partial charge is 0.338 e. The van der Waals surface area contributed by atoms with E-state index in [1.165, 1.54) is 56.9 Å². The van der Waals surface area contributed by atoms with E-state index in [4.69, 9.17) is 9.72 Å². The molecular weight excluding hydrogens is 507 g/mol. The van der Waals surface area contributed by atoms with E-state index in [0.717, 1.165) is 26.4 Å². The molecular formula is C29H33FN2O3S2. The van der Waals surface area contributed by atoms with Crippen LogP contribution in [0.2, 0.25) is 0 Å². The minimum Gasteiger partial charge on any atom is -0.496 e. The molecule has 1 aliphatic carbocycles. The van der Waals surface area contributed by atoms with E-state index in [0.29, 0.717) is 17.2 Å². The highest BCUT2D eigenvalue weighted by Crippen LogP contribution is 2.38. The SMILES string of the molecule is CC.COc1cc(C(=O)O)c(F)cc1-c1ccc2sc(-c3ccc(C4CCCCC4)cc3)nc2c1.NS. The number of carbonyl (C=O) groups is 1. The van der Waals surface area contributed by atoms with Crippen LogP contribution in [0.15, 0.2) is 54.6 Å². The molecule has 1 aliphatic rings. The fraction of sp³-hybridized carbons (Fsp3) is 0.310. The number of methoxy groups -OCH3 is 1. The summed E-state index contributed by atoms with van der Waals surface area (Å²) in [5.41, 5.74) is 4.12. The van der Waals surface area contributed by atoms with E-state index in [2.05, 4.69) is 42.2 Å². The molecule has 1 aromatic heterocycles. The first-order chi connectivity index (χ1) is 18.0. The zero-order valence-electron chi connectivity index (χ0n) is 21.3. The van der Waals surface area contributed by atoms with E-state index in [1.54, 1.807) is 11.3 Å². The number of nitrogens with two attached hydrogens (primary N) is 1. The van der Waals surface area contributed by atoms with Crippen LogP contribution < -0.4 is 9.88 Å². The second-order valence-corrected chi connectivity index (χ2v) is 9.53. The predicted molar refractivity (Wildman–Crippen MR) is 154 cm³/mol. The Hall–Kier alpha value is -2.94. The number of fused-ring (bicyclic) bond motifs is 1. The van der Waals surface area contributed by atoms with Gasteiger partial charge in [-0.2, -0.15) is 0 Å². The van der Waals surface area contributed by atoms with E-state index in [9.17, 15) is 14.3 Å². The van der Waals surface area contributed by atoms with Crippen molar-refractivity contribution in [3.8, 4) is 27.4 Å². The Morgan fingerprint density at radius 2 is 1.68 bits per heavy atom. The van der Waals surface area contributed by atoms with Crippen molar-refractivity contribution in [3.63, 3.8) is 0 Å². The number of carboxylic acid groups (broad SMARTS) is 1. The first-order valence-electron chi connectivity index (χ1n) is 12.4. The highest BCUT2D eigenvalue weighted by atomic mass is 32.1. The summed E-state index contributed by atoms with van der Waals surface area (Å²) in [5.74, 6) is -1.14. The lowest BCUT2D eigenvalue weighted by Crippen LogP contribution is -2.04. The Labute approximate surface area is 227 Å². The van der Waals surface area contributed by atoms with Gasteiger partial charge in [0.05, 0.1) is 22.9 Å². The van der Waals surface area contributed by atoms with E-state index in [1.807, 2.05) is 32.0 Å². The van der Waals surface area contributed by atoms with Crippen LogP contribution in [0.25, 0.3) is 31.9 Å². The van der Waals surface area contributed by atoms with Crippen molar-refractivity contribution in [1.82, 2.24) is 4.98 Å². The maximum Gasteiger partial charge on any atom is 0.338 e. The monoisotopic (exact) mass is 540 g/mol. The maximum absolute atomic E-state index is 14.4. The molecule has 4 aromatic rings. The van der Waals surface area contributed by atoms with Crippen LogP contribution in [0.5, 0.6) is 5.75 Å². The number of halogens is 1. The average Bonchev–Trinajstić information content (AvgIpc) is 3.39. The number of benzene rings is 3. The Kier molecular flexibility index (Phi) is 10.5. The molecule has 3 aromatic carbocycles. The molecule has 1 heterocycles. The molecule has 0 aliphatic heterocycles. The average molecular weight is 541 g/mol.